The summed E-state index contributed by atoms with van der Waals surface area (Å²) >= 11 is 0. The first-order valence-corrected chi connectivity index (χ1v) is 12.6. The molecule has 0 fully saturated rings. The Labute approximate surface area is 222 Å². The standard InChI is InChI=1S/C18H16N2O2.C13H16O3/c21-18(22)16-13-20(15-9-5-2-6-10-15)19-17(16)12-11-14-7-3-1-4-8-14;1-2-16-13(15)10-12(14)9-8-11-6-4-3-5-7-11/h1-10,13H,11-12H2,(H,21,22);3-7H,2,8-10H2,1H3. The fourth-order valence-corrected chi connectivity index (χ4v) is 3.78. The third-order valence-corrected chi connectivity index (χ3v) is 5.72. The number of ether oxygens (including phenoxy) is 1. The summed E-state index contributed by atoms with van der Waals surface area (Å²) in [5, 5.41) is 13.8. The van der Waals surface area contributed by atoms with Crippen LogP contribution in [0.4, 0.5) is 0 Å². The molecule has 7 nitrogen and oxygen atoms in total. The third kappa shape index (κ3) is 9.17. The number of hydrogen-bond donors (Lipinski definition) is 1. The molecular formula is C31H32N2O5. The smallest absolute Gasteiger partial charge is 0.339 e. The van der Waals surface area contributed by atoms with Crippen molar-refractivity contribution < 1.29 is 24.2 Å². The molecule has 7 heteroatoms. The Morgan fingerprint density at radius 1 is 0.789 bits per heavy atom. The number of carboxylic acid groups (broad SMARTS) is 1. The predicted octanol–water partition coefficient (Wildman–Crippen LogP) is 5.50. The van der Waals surface area contributed by atoms with E-state index < -0.39 is 11.9 Å². The Morgan fingerprint density at radius 2 is 1.34 bits per heavy atom. The number of esters is 1. The zero-order valence-corrected chi connectivity index (χ0v) is 21.5. The van der Waals surface area contributed by atoms with Gasteiger partial charge in [-0.3, -0.25) is 9.59 Å². The van der Waals surface area contributed by atoms with E-state index in [-0.39, 0.29) is 17.8 Å². The molecule has 0 bridgehead atoms. The van der Waals surface area contributed by atoms with Crippen LogP contribution in [-0.4, -0.2) is 39.2 Å². The Bertz CT molecular complexity index is 1300. The molecule has 0 aliphatic heterocycles. The average molecular weight is 513 g/mol. The first kappa shape index (κ1) is 28.1. The third-order valence-electron chi connectivity index (χ3n) is 5.72. The van der Waals surface area contributed by atoms with Gasteiger partial charge >= 0.3 is 11.9 Å². The Balaban J connectivity index is 0.000000223. The molecule has 0 amide bonds. The van der Waals surface area contributed by atoms with Crippen molar-refractivity contribution in [2.75, 3.05) is 6.61 Å². The van der Waals surface area contributed by atoms with E-state index in [9.17, 15) is 19.5 Å². The van der Waals surface area contributed by atoms with E-state index in [0.29, 0.717) is 31.6 Å². The number of carboxylic acids is 1. The molecule has 4 rings (SSSR count). The Morgan fingerprint density at radius 3 is 1.89 bits per heavy atom. The van der Waals surface area contributed by atoms with Gasteiger partial charge in [-0.2, -0.15) is 5.10 Å². The van der Waals surface area contributed by atoms with Crippen molar-refractivity contribution in [2.24, 2.45) is 0 Å². The molecule has 0 aliphatic carbocycles. The number of nitrogens with zero attached hydrogens (tertiary/aromatic N) is 2. The summed E-state index contributed by atoms with van der Waals surface area (Å²) in [6.07, 6.45) is 3.92. The average Bonchev–Trinajstić information content (AvgIpc) is 3.38. The molecule has 1 aromatic heterocycles. The van der Waals surface area contributed by atoms with E-state index in [1.54, 1.807) is 17.8 Å². The number of hydrogen-bond acceptors (Lipinski definition) is 5. The van der Waals surface area contributed by atoms with Crippen LogP contribution in [0.15, 0.2) is 97.2 Å². The second kappa shape index (κ2) is 14.9. The molecule has 1 N–H and O–H groups in total. The van der Waals surface area contributed by atoms with Gasteiger partial charge < -0.3 is 9.84 Å². The maximum absolute atomic E-state index is 11.4. The lowest BCUT2D eigenvalue weighted by molar-refractivity contribution is -0.145. The van der Waals surface area contributed by atoms with E-state index in [4.69, 9.17) is 4.74 Å². The molecular weight excluding hydrogens is 480 g/mol. The van der Waals surface area contributed by atoms with Crippen molar-refractivity contribution >= 4 is 17.7 Å². The summed E-state index contributed by atoms with van der Waals surface area (Å²) in [5.41, 5.74) is 4.02. The quantitative estimate of drug-likeness (QED) is 0.211. The number of carbonyl (C=O) groups excluding carboxylic acids is 2. The first-order chi connectivity index (χ1) is 18.5. The SMILES string of the molecule is CCOC(=O)CC(=O)CCc1ccccc1.O=C(O)c1cn(-c2ccccc2)nc1CCc1ccccc1. The molecule has 0 unspecified atom stereocenters. The van der Waals surface area contributed by atoms with E-state index in [1.807, 2.05) is 91.0 Å². The molecule has 4 aromatic rings. The number of Topliss-reactive ketones (excluding diaryl/α,β-unsaturated/α-hetero) is 1. The van der Waals surface area contributed by atoms with E-state index in [2.05, 4.69) is 5.10 Å². The van der Waals surface area contributed by atoms with Crippen molar-refractivity contribution in [2.45, 2.75) is 39.0 Å². The minimum absolute atomic E-state index is 0.0673. The summed E-state index contributed by atoms with van der Waals surface area (Å²) in [6, 6.07) is 29.3. The number of aromatic nitrogens is 2. The van der Waals surface area contributed by atoms with Gasteiger partial charge in [-0.25, -0.2) is 9.48 Å². The highest BCUT2D eigenvalue weighted by atomic mass is 16.5. The van der Waals surface area contributed by atoms with E-state index >= 15 is 0 Å². The van der Waals surface area contributed by atoms with Crippen LogP contribution in [0.3, 0.4) is 0 Å². The highest BCUT2D eigenvalue weighted by Gasteiger charge is 2.16. The number of ketones is 1. The molecule has 196 valence electrons. The molecule has 0 radical (unpaired) electrons. The number of carbonyl (C=O) groups is 3. The summed E-state index contributed by atoms with van der Waals surface area (Å²) < 4.78 is 6.33. The minimum atomic E-state index is -0.940. The van der Waals surface area contributed by atoms with Gasteiger partial charge in [-0.05, 0) is 49.4 Å². The van der Waals surface area contributed by atoms with E-state index in [0.717, 1.165) is 17.7 Å². The fraction of sp³-hybridized carbons (Fsp3) is 0.226. The summed E-state index contributed by atoms with van der Waals surface area (Å²) in [5.74, 6) is -1.44. The maximum Gasteiger partial charge on any atom is 0.339 e. The lowest BCUT2D eigenvalue weighted by Crippen LogP contribution is -2.11. The largest absolute Gasteiger partial charge is 0.478 e. The topological polar surface area (TPSA) is 98.5 Å². The van der Waals surface area contributed by atoms with Crippen LogP contribution < -0.4 is 0 Å². The Kier molecular flexibility index (Phi) is 11.0. The van der Waals surface area contributed by atoms with Crippen LogP contribution >= 0.6 is 0 Å². The van der Waals surface area contributed by atoms with Gasteiger partial charge in [0.15, 0.2) is 0 Å². The lowest BCUT2D eigenvalue weighted by Gasteiger charge is -2.01. The first-order valence-electron chi connectivity index (χ1n) is 12.6. The predicted molar refractivity (Wildman–Crippen MR) is 145 cm³/mol. The van der Waals surface area contributed by atoms with Gasteiger partial charge in [0.25, 0.3) is 0 Å². The number of benzene rings is 3. The zero-order valence-electron chi connectivity index (χ0n) is 21.5. The van der Waals surface area contributed by atoms with Gasteiger partial charge in [-0.1, -0.05) is 78.9 Å². The van der Waals surface area contributed by atoms with Crippen LogP contribution in [-0.2, 0) is 33.6 Å². The van der Waals surface area contributed by atoms with Gasteiger partial charge in [0.1, 0.15) is 17.8 Å². The van der Waals surface area contributed by atoms with Gasteiger partial charge in [0.05, 0.1) is 18.0 Å². The van der Waals surface area contributed by atoms with Crippen molar-refractivity contribution in [1.82, 2.24) is 9.78 Å². The van der Waals surface area contributed by atoms with Gasteiger partial charge in [-0.15, -0.1) is 0 Å². The highest BCUT2D eigenvalue weighted by molar-refractivity contribution is 5.95. The normalized spacial score (nSPS) is 10.2. The summed E-state index contributed by atoms with van der Waals surface area (Å²) in [4.78, 5) is 33.8. The van der Waals surface area contributed by atoms with Gasteiger partial charge in [0.2, 0.25) is 0 Å². The molecule has 0 aliphatic rings. The van der Waals surface area contributed by atoms with Crippen molar-refractivity contribution in [3.8, 4) is 5.69 Å². The number of aryl methyl sites for hydroxylation is 3. The lowest BCUT2D eigenvalue weighted by atomic mass is 10.1. The molecule has 0 spiro atoms. The molecule has 3 aromatic carbocycles. The number of aromatic carboxylic acids is 1. The summed E-state index contributed by atoms with van der Waals surface area (Å²) in [7, 11) is 0. The monoisotopic (exact) mass is 512 g/mol. The van der Waals surface area contributed by atoms with Crippen LogP contribution in [0.25, 0.3) is 5.69 Å². The van der Waals surface area contributed by atoms with Gasteiger partial charge in [0, 0.05) is 12.6 Å². The van der Waals surface area contributed by atoms with Crippen molar-refractivity contribution in [3.05, 3.63) is 120 Å². The zero-order chi connectivity index (χ0) is 27.2. The highest BCUT2D eigenvalue weighted by Crippen LogP contribution is 2.15. The van der Waals surface area contributed by atoms with E-state index in [1.165, 1.54) is 5.56 Å². The van der Waals surface area contributed by atoms with Crippen molar-refractivity contribution in [3.63, 3.8) is 0 Å². The molecule has 0 atom stereocenters. The minimum Gasteiger partial charge on any atom is -0.478 e. The maximum atomic E-state index is 11.4. The molecule has 0 saturated heterocycles. The molecule has 38 heavy (non-hydrogen) atoms. The molecule has 0 saturated carbocycles. The van der Waals surface area contributed by atoms with Crippen LogP contribution in [0.5, 0.6) is 0 Å². The van der Waals surface area contributed by atoms with Crippen molar-refractivity contribution in [1.29, 1.82) is 0 Å². The number of rotatable bonds is 11. The fourth-order valence-electron chi connectivity index (χ4n) is 3.78. The second-order valence-electron chi connectivity index (χ2n) is 8.57. The number of para-hydroxylation sites is 1. The second-order valence-corrected chi connectivity index (χ2v) is 8.57. The molecule has 1 heterocycles. The Hall–Kier alpha value is -4.52. The van der Waals surface area contributed by atoms with Crippen LogP contribution in [0, 0.1) is 0 Å². The van der Waals surface area contributed by atoms with Crippen LogP contribution in [0.2, 0.25) is 0 Å². The van der Waals surface area contributed by atoms with Crippen LogP contribution in [0.1, 0.15) is 46.9 Å². The summed E-state index contributed by atoms with van der Waals surface area (Å²) in [6.45, 7) is 2.05.